The lowest BCUT2D eigenvalue weighted by Crippen LogP contribution is -2.34. The summed E-state index contributed by atoms with van der Waals surface area (Å²) in [5, 5.41) is 4.39. The number of likely N-dealkylation sites (N-methyl/N-ethyl adjacent to an activating group) is 1. The number of thiophene rings is 1. The Labute approximate surface area is 151 Å². The average Bonchev–Trinajstić information content (AvgIpc) is 2.98. The smallest absolute Gasteiger partial charge is 0.262 e. The Morgan fingerprint density at radius 3 is 2.88 bits per heavy atom. The van der Waals surface area contributed by atoms with E-state index in [9.17, 15) is 4.79 Å². The van der Waals surface area contributed by atoms with Crippen LogP contribution >= 0.6 is 11.3 Å². The summed E-state index contributed by atoms with van der Waals surface area (Å²) in [6.07, 6.45) is 4.79. The third-order valence-corrected chi connectivity index (χ3v) is 6.16. The van der Waals surface area contributed by atoms with E-state index in [0.717, 1.165) is 41.6 Å². The molecule has 1 atom stereocenters. The topological polar surface area (TPSA) is 46.9 Å². The number of hydrogen-bond acceptors (Lipinski definition) is 4. The summed E-state index contributed by atoms with van der Waals surface area (Å²) in [7, 11) is 0. The molecule has 1 aliphatic rings. The summed E-state index contributed by atoms with van der Waals surface area (Å²) in [5.74, 6) is 0. The quantitative estimate of drug-likeness (QED) is 0.783. The molecule has 0 saturated carbocycles. The van der Waals surface area contributed by atoms with E-state index in [-0.39, 0.29) is 5.56 Å². The molecule has 5 heteroatoms. The molecule has 0 fully saturated rings. The van der Waals surface area contributed by atoms with E-state index < -0.39 is 0 Å². The standard InChI is InChI=1S/C20H23N3OS/c1-3-21-15-8-9-16-17(10-15)25-19-18(16)20(24)23(12-22-19)11-14-6-4-13(2)5-7-14/h4-7,12,15,21H,3,8-11H2,1-2H3. The molecule has 2 aromatic heterocycles. The molecule has 4 rings (SSSR count). The van der Waals surface area contributed by atoms with Gasteiger partial charge in [0.05, 0.1) is 18.3 Å². The van der Waals surface area contributed by atoms with Crippen LogP contribution in [0.2, 0.25) is 0 Å². The maximum absolute atomic E-state index is 13.1. The summed E-state index contributed by atoms with van der Waals surface area (Å²) >= 11 is 1.70. The Morgan fingerprint density at radius 2 is 2.12 bits per heavy atom. The van der Waals surface area contributed by atoms with Crippen LogP contribution in [0.25, 0.3) is 10.2 Å². The first-order valence-corrected chi connectivity index (χ1v) is 9.76. The first-order valence-electron chi connectivity index (χ1n) is 8.94. The van der Waals surface area contributed by atoms with Crippen LogP contribution in [0.15, 0.2) is 35.4 Å². The van der Waals surface area contributed by atoms with Gasteiger partial charge in [-0.05, 0) is 43.9 Å². The zero-order valence-corrected chi connectivity index (χ0v) is 15.5. The molecule has 0 radical (unpaired) electrons. The Hall–Kier alpha value is -1.98. The molecular weight excluding hydrogens is 330 g/mol. The van der Waals surface area contributed by atoms with E-state index in [0.29, 0.717) is 12.6 Å². The maximum Gasteiger partial charge on any atom is 0.262 e. The van der Waals surface area contributed by atoms with Gasteiger partial charge in [-0.2, -0.15) is 0 Å². The van der Waals surface area contributed by atoms with E-state index in [1.165, 1.54) is 16.0 Å². The fourth-order valence-electron chi connectivity index (χ4n) is 3.67. The highest BCUT2D eigenvalue weighted by Gasteiger charge is 2.24. The summed E-state index contributed by atoms with van der Waals surface area (Å²) in [6.45, 7) is 5.78. The second-order valence-electron chi connectivity index (χ2n) is 6.84. The molecule has 0 spiro atoms. The Kier molecular flexibility index (Phi) is 4.44. The highest BCUT2D eigenvalue weighted by molar-refractivity contribution is 7.18. The predicted molar refractivity (Wildman–Crippen MR) is 104 cm³/mol. The number of hydrogen-bond donors (Lipinski definition) is 1. The molecule has 3 aromatic rings. The zero-order valence-electron chi connectivity index (χ0n) is 14.7. The van der Waals surface area contributed by atoms with Crippen LogP contribution in [0.5, 0.6) is 0 Å². The average molecular weight is 353 g/mol. The lowest BCUT2D eigenvalue weighted by molar-refractivity contribution is 0.476. The van der Waals surface area contributed by atoms with Gasteiger partial charge in [0, 0.05) is 10.9 Å². The van der Waals surface area contributed by atoms with Crippen molar-refractivity contribution in [3.05, 3.63) is 62.5 Å². The number of aryl methyl sites for hydroxylation is 2. The minimum atomic E-state index is 0.102. The third-order valence-electron chi connectivity index (χ3n) is 5.00. The van der Waals surface area contributed by atoms with Crippen molar-refractivity contribution >= 4 is 21.6 Å². The van der Waals surface area contributed by atoms with Crippen molar-refractivity contribution in [3.8, 4) is 0 Å². The SMILES string of the molecule is CCNC1CCc2c(sc3ncn(Cc4ccc(C)cc4)c(=O)c23)C1. The second-order valence-corrected chi connectivity index (χ2v) is 7.93. The minimum Gasteiger partial charge on any atom is -0.314 e. The van der Waals surface area contributed by atoms with Crippen molar-refractivity contribution in [3.63, 3.8) is 0 Å². The molecule has 130 valence electrons. The fourth-order valence-corrected chi connectivity index (χ4v) is 4.92. The van der Waals surface area contributed by atoms with Gasteiger partial charge in [0.15, 0.2) is 0 Å². The molecule has 0 saturated heterocycles. The normalized spacial score (nSPS) is 17.0. The van der Waals surface area contributed by atoms with E-state index >= 15 is 0 Å². The molecular formula is C20H23N3OS. The van der Waals surface area contributed by atoms with Crippen LogP contribution in [-0.4, -0.2) is 22.1 Å². The Morgan fingerprint density at radius 1 is 1.32 bits per heavy atom. The summed E-state index contributed by atoms with van der Waals surface area (Å²) in [4.78, 5) is 19.9. The molecule has 1 unspecified atom stereocenters. The van der Waals surface area contributed by atoms with Gasteiger partial charge in [0.2, 0.25) is 0 Å². The number of benzene rings is 1. The molecule has 0 amide bonds. The Bertz CT molecular complexity index is 955. The molecule has 4 nitrogen and oxygen atoms in total. The fraction of sp³-hybridized carbons (Fsp3) is 0.400. The first kappa shape index (κ1) is 16.5. The van der Waals surface area contributed by atoms with Gasteiger partial charge < -0.3 is 5.32 Å². The van der Waals surface area contributed by atoms with Gasteiger partial charge in [0.25, 0.3) is 5.56 Å². The van der Waals surface area contributed by atoms with E-state index in [1.807, 2.05) is 0 Å². The molecule has 1 N–H and O–H groups in total. The van der Waals surface area contributed by atoms with Gasteiger partial charge in [-0.3, -0.25) is 9.36 Å². The van der Waals surface area contributed by atoms with Gasteiger partial charge >= 0.3 is 0 Å². The molecule has 2 heterocycles. The van der Waals surface area contributed by atoms with Crippen LogP contribution in [0.1, 0.15) is 34.9 Å². The van der Waals surface area contributed by atoms with Crippen LogP contribution in [0.3, 0.4) is 0 Å². The van der Waals surface area contributed by atoms with Crippen molar-refractivity contribution in [1.29, 1.82) is 0 Å². The van der Waals surface area contributed by atoms with E-state index in [4.69, 9.17) is 0 Å². The number of fused-ring (bicyclic) bond motifs is 3. The number of nitrogens with zero attached hydrogens (tertiary/aromatic N) is 2. The molecule has 0 bridgehead atoms. The minimum absolute atomic E-state index is 0.102. The van der Waals surface area contributed by atoms with Gasteiger partial charge in [0.1, 0.15) is 4.83 Å². The van der Waals surface area contributed by atoms with Crippen LogP contribution < -0.4 is 10.9 Å². The molecule has 1 aliphatic carbocycles. The number of aromatic nitrogens is 2. The predicted octanol–water partition coefficient (Wildman–Crippen LogP) is 3.28. The number of rotatable bonds is 4. The van der Waals surface area contributed by atoms with Crippen LogP contribution in [0, 0.1) is 6.92 Å². The highest BCUT2D eigenvalue weighted by Crippen LogP contribution is 2.33. The largest absolute Gasteiger partial charge is 0.314 e. The maximum atomic E-state index is 13.1. The van der Waals surface area contributed by atoms with E-state index in [2.05, 4.69) is 48.4 Å². The van der Waals surface area contributed by atoms with Crippen molar-refractivity contribution in [2.45, 2.75) is 45.7 Å². The second kappa shape index (κ2) is 6.73. The summed E-state index contributed by atoms with van der Waals surface area (Å²) < 4.78 is 1.75. The zero-order chi connectivity index (χ0) is 17.4. The van der Waals surface area contributed by atoms with Crippen LogP contribution in [0.4, 0.5) is 0 Å². The molecule has 0 aliphatic heterocycles. The number of nitrogens with one attached hydrogen (secondary N) is 1. The monoisotopic (exact) mass is 353 g/mol. The summed E-state index contributed by atoms with van der Waals surface area (Å²) in [6, 6.07) is 8.85. The Balaban J connectivity index is 1.71. The van der Waals surface area contributed by atoms with Crippen molar-refractivity contribution in [2.75, 3.05) is 6.54 Å². The van der Waals surface area contributed by atoms with Gasteiger partial charge in [-0.1, -0.05) is 36.8 Å². The first-order chi connectivity index (χ1) is 12.2. The van der Waals surface area contributed by atoms with Crippen LogP contribution in [-0.2, 0) is 19.4 Å². The lowest BCUT2D eigenvalue weighted by Gasteiger charge is -2.22. The van der Waals surface area contributed by atoms with Crippen molar-refractivity contribution in [1.82, 2.24) is 14.9 Å². The highest BCUT2D eigenvalue weighted by atomic mass is 32.1. The third kappa shape index (κ3) is 3.14. The lowest BCUT2D eigenvalue weighted by atomic mass is 9.93. The van der Waals surface area contributed by atoms with Crippen molar-refractivity contribution < 1.29 is 0 Å². The molecule has 1 aromatic carbocycles. The summed E-state index contributed by atoms with van der Waals surface area (Å²) in [5.41, 5.74) is 3.70. The van der Waals surface area contributed by atoms with Gasteiger partial charge in [-0.25, -0.2) is 4.98 Å². The van der Waals surface area contributed by atoms with Gasteiger partial charge in [-0.15, -0.1) is 11.3 Å². The van der Waals surface area contributed by atoms with E-state index in [1.54, 1.807) is 22.2 Å². The van der Waals surface area contributed by atoms with Crippen molar-refractivity contribution in [2.24, 2.45) is 0 Å². The molecule has 25 heavy (non-hydrogen) atoms.